The van der Waals surface area contributed by atoms with Crippen molar-refractivity contribution < 1.29 is 4.52 Å². The minimum Gasteiger partial charge on any atom is -0.335 e. The van der Waals surface area contributed by atoms with Gasteiger partial charge in [-0.05, 0) is 24.8 Å². The second-order valence-electron chi connectivity index (χ2n) is 4.15. The monoisotopic (exact) mass is 192 g/mol. The molecule has 0 atom stereocenters. The molecule has 0 unspecified atom stereocenters. The predicted molar refractivity (Wildman–Crippen MR) is 54.8 cm³/mol. The smallest absolute Gasteiger partial charge is 0.250 e. The molecule has 0 radical (unpaired) electrons. The number of aromatic nitrogens is 2. The van der Waals surface area contributed by atoms with E-state index < -0.39 is 0 Å². The van der Waals surface area contributed by atoms with Crippen LogP contribution in [0.25, 0.3) is 6.08 Å². The molecule has 14 heavy (non-hydrogen) atoms. The average molecular weight is 192 g/mol. The quantitative estimate of drug-likeness (QED) is 0.723. The summed E-state index contributed by atoms with van der Waals surface area (Å²) in [5, 5.41) is 3.98. The number of rotatable bonds is 2. The molecule has 1 aromatic rings. The lowest BCUT2D eigenvalue weighted by atomic mass is 9.83. The molecule has 1 aliphatic rings. The zero-order valence-electron chi connectivity index (χ0n) is 8.57. The molecule has 0 N–H and O–H groups in total. The standard InChI is InChI=1S/C11H16N2O/c1-3-10-12-11(13-14-10)9-6-4-8(2)5-7-9/h3,8-9H,1,4-7H2,2H3. The molecule has 0 bridgehead atoms. The summed E-state index contributed by atoms with van der Waals surface area (Å²) in [6.07, 6.45) is 6.54. The van der Waals surface area contributed by atoms with Crippen LogP contribution in [0.4, 0.5) is 0 Å². The fraction of sp³-hybridized carbons (Fsp3) is 0.636. The highest BCUT2D eigenvalue weighted by Gasteiger charge is 2.23. The second kappa shape index (κ2) is 3.95. The highest BCUT2D eigenvalue weighted by molar-refractivity contribution is 5.32. The maximum absolute atomic E-state index is 5.01. The van der Waals surface area contributed by atoms with E-state index in [1.807, 2.05) is 0 Å². The van der Waals surface area contributed by atoms with Crippen molar-refractivity contribution in [2.24, 2.45) is 5.92 Å². The molecule has 0 aromatic carbocycles. The minimum atomic E-state index is 0.503. The van der Waals surface area contributed by atoms with Gasteiger partial charge >= 0.3 is 0 Å². The van der Waals surface area contributed by atoms with Crippen molar-refractivity contribution in [3.8, 4) is 0 Å². The van der Waals surface area contributed by atoms with Gasteiger partial charge in [-0.2, -0.15) is 4.98 Å². The molecular formula is C11H16N2O. The Bertz CT molecular complexity index is 311. The van der Waals surface area contributed by atoms with Gasteiger partial charge in [0.15, 0.2) is 5.82 Å². The van der Waals surface area contributed by atoms with Crippen LogP contribution in [0.2, 0.25) is 0 Å². The van der Waals surface area contributed by atoms with Crippen LogP contribution in [-0.4, -0.2) is 10.1 Å². The molecule has 1 fully saturated rings. The first-order chi connectivity index (χ1) is 6.79. The molecule has 0 saturated heterocycles. The van der Waals surface area contributed by atoms with Gasteiger partial charge < -0.3 is 4.52 Å². The molecule has 0 spiro atoms. The van der Waals surface area contributed by atoms with Crippen LogP contribution >= 0.6 is 0 Å². The van der Waals surface area contributed by atoms with Crippen molar-refractivity contribution >= 4 is 6.08 Å². The lowest BCUT2D eigenvalue weighted by Crippen LogP contribution is -2.11. The van der Waals surface area contributed by atoms with Crippen LogP contribution in [0.3, 0.4) is 0 Å². The lowest BCUT2D eigenvalue weighted by molar-refractivity contribution is 0.327. The van der Waals surface area contributed by atoms with Crippen molar-refractivity contribution in [2.45, 2.75) is 38.5 Å². The van der Waals surface area contributed by atoms with E-state index in [0.717, 1.165) is 11.7 Å². The van der Waals surface area contributed by atoms with Gasteiger partial charge in [0.1, 0.15) is 0 Å². The van der Waals surface area contributed by atoms with Crippen LogP contribution in [0, 0.1) is 5.92 Å². The van der Waals surface area contributed by atoms with Crippen LogP contribution in [-0.2, 0) is 0 Å². The summed E-state index contributed by atoms with van der Waals surface area (Å²) in [5.41, 5.74) is 0. The fourth-order valence-electron chi connectivity index (χ4n) is 2.01. The van der Waals surface area contributed by atoms with E-state index >= 15 is 0 Å². The zero-order valence-corrected chi connectivity index (χ0v) is 8.57. The summed E-state index contributed by atoms with van der Waals surface area (Å²) in [5.74, 6) is 2.77. The summed E-state index contributed by atoms with van der Waals surface area (Å²) >= 11 is 0. The Morgan fingerprint density at radius 3 is 2.64 bits per heavy atom. The Kier molecular flexibility index (Phi) is 2.66. The molecule has 76 valence electrons. The van der Waals surface area contributed by atoms with Gasteiger partial charge in [-0.3, -0.25) is 0 Å². The van der Waals surface area contributed by atoms with E-state index in [1.54, 1.807) is 6.08 Å². The van der Waals surface area contributed by atoms with Crippen LogP contribution < -0.4 is 0 Å². The Balaban J connectivity index is 2.04. The molecule has 3 heteroatoms. The van der Waals surface area contributed by atoms with Crippen molar-refractivity contribution in [2.75, 3.05) is 0 Å². The van der Waals surface area contributed by atoms with Crippen molar-refractivity contribution in [1.29, 1.82) is 0 Å². The molecular weight excluding hydrogens is 176 g/mol. The number of hydrogen-bond donors (Lipinski definition) is 0. The summed E-state index contributed by atoms with van der Waals surface area (Å²) in [6.45, 7) is 5.91. The van der Waals surface area contributed by atoms with Crippen molar-refractivity contribution in [3.63, 3.8) is 0 Å². The third-order valence-electron chi connectivity index (χ3n) is 3.01. The van der Waals surface area contributed by atoms with Gasteiger partial charge in [0.2, 0.25) is 5.89 Å². The van der Waals surface area contributed by atoms with E-state index in [4.69, 9.17) is 4.52 Å². The van der Waals surface area contributed by atoms with Gasteiger partial charge in [-0.1, -0.05) is 31.5 Å². The van der Waals surface area contributed by atoms with Crippen LogP contribution in [0.1, 0.15) is 50.2 Å². The summed E-state index contributed by atoms with van der Waals surface area (Å²) in [7, 11) is 0. The maximum atomic E-state index is 5.01. The summed E-state index contributed by atoms with van der Waals surface area (Å²) in [6, 6.07) is 0. The van der Waals surface area contributed by atoms with Gasteiger partial charge in [-0.25, -0.2) is 0 Å². The molecule has 1 heterocycles. The van der Waals surface area contributed by atoms with Crippen molar-refractivity contribution in [1.82, 2.24) is 10.1 Å². The molecule has 1 aliphatic carbocycles. The first kappa shape index (κ1) is 9.44. The van der Waals surface area contributed by atoms with E-state index in [-0.39, 0.29) is 0 Å². The Hall–Kier alpha value is -1.12. The number of nitrogens with zero attached hydrogens (tertiary/aromatic N) is 2. The van der Waals surface area contributed by atoms with Crippen molar-refractivity contribution in [3.05, 3.63) is 18.3 Å². The fourth-order valence-corrected chi connectivity index (χ4v) is 2.01. The summed E-state index contributed by atoms with van der Waals surface area (Å²) in [4.78, 5) is 4.28. The molecule has 0 amide bonds. The lowest BCUT2D eigenvalue weighted by Gasteiger charge is -2.23. The third kappa shape index (κ3) is 1.86. The first-order valence-corrected chi connectivity index (χ1v) is 5.25. The van der Waals surface area contributed by atoms with Gasteiger partial charge in [0.25, 0.3) is 0 Å². The largest absolute Gasteiger partial charge is 0.335 e. The molecule has 1 saturated carbocycles. The molecule has 2 rings (SSSR count). The Labute approximate surface area is 84.2 Å². The van der Waals surface area contributed by atoms with Gasteiger partial charge in [0, 0.05) is 5.92 Å². The third-order valence-corrected chi connectivity index (χ3v) is 3.01. The first-order valence-electron chi connectivity index (χ1n) is 5.25. The number of hydrogen-bond acceptors (Lipinski definition) is 3. The topological polar surface area (TPSA) is 38.9 Å². The van der Waals surface area contributed by atoms with E-state index in [2.05, 4.69) is 23.6 Å². The van der Waals surface area contributed by atoms with Crippen LogP contribution in [0.5, 0.6) is 0 Å². The molecule has 0 aliphatic heterocycles. The highest BCUT2D eigenvalue weighted by atomic mass is 16.5. The van der Waals surface area contributed by atoms with Gasteiger partial charge in [0.05, 0.1) is 0 Å². The summed E-state index contributed by atoms with van der Waals surface area (Å²) < 4.78 is 5.01. The predicted octanol–water partition coefficient (Wildman–Crippen LogP) is 3.01. The van der Waals surface area contributed by atoms with E-state index in [0.29, 0.717) is 11.8 Å². The van der Waals surface area contributed by atoms with Crippen LogP contribution in [0.15, 0.2) is 11.1 Å². The second-order valence-corrected chi connectivity index (χ2v) is 4.15. The molecule has 3 nitrogen and oxygen atoms in total. The SMILES string of the molecule is C=Cc1nc(C2CCC(C)CC2)no1. The maximum Gasteiger partial charge on any atom is 0.250 e. The van der Waals surface area contributed by atoms with E-state index in [1.165, 1.54) is 25.7 Å². The average Bonchev–Trinajstić information content (AvgIpc) is 2.67. The van der Waals surface area contributed by atoms with E-state index in [9.17, 15) is 0 Å². The normalized spacial score (nSPS) is 27.5. The zero-order chi connectivity index (χ0) is 9.97. The molecule has 1 aromatic heterocycles. The minimum absolute atomic E-state index is 0.503. The Morgan fingerprint density at radius 1 is 1.36 bits per heavy atom. The van der Waals surface area contributed by atoms with Gasteiger partial charge in [-0.15, -0.1) is 0 Å². The Morgan fingerprint density at radius 2 is 2.07 bits per heavy atom. The highest BCUT2D eigenvalue weighted by Crippen LogP contribution is 2.33.